The van der Waals surface area contributed by atoms with Gasteiger partial charge in [0.2, 0.25) is 5.91 Å². The monoisotopic (exact) mass is 306 g/mol. The maximum atomic E-state index is 12.2. The normalized spacial score (nSPS) is 10.4. The molecule has 0 aliphatic carbocycles. The van der Waals surface area contributed by atoms with Gasteiger partial charge in [0.15, 0.2) is 0 Å². The number of thiocarbonyl (C=S) groups is 1. The fourth-order valence-corrected chi connectivity index (χ4v) is 2.51. The highest BCUT2D eigenvalue weighted by Gasteiger charge is 2.14. The number of nitrogens with two attached hydrogens (primary N) is 1. The first-order chi connectivity index (χ1) is 10.1. The van der Waals surface area contributed by atoms with Crippen molar-refractivity contribution < 1.29 is 4.79 Å². The van der Waals surface area contributed by atoms with Crippen LogP contribution in [0.15, 0.2) is 24.3 Å². The van der Waals surface area contributed by atoms with E-state index in [2.05, 4.69) is 6.92 Å². The van der Waals surface area contributed by atoms with Gasteiger partial charge in [-0.05, 0) is 18.6 Å². The standard InChI is InChI=1S/C17H26N2OS/c1-3-4-5-6-7-8-13-16(20)19(2)15-12-10-9-11-14(15)17(18)21/h9-12H,3-8,13H2,1-2H3,(H2,18,21). The van der Waals surface area contributed by atoms with Crippen molar-refractivity contribution >= 4 is 28.8 Å². The topological polar surface area (TPSA) is 46.3 Å². The Hall–Kier alpha value is -1.42. The van der Waals surface area contributed by atoms with E-state index in [1.54, 1.807) is 11.9 Å². The summed E-state index contributed by atoms with van der Waals surface area (Å²) in [5.74, 6) is 0.120. The molecule has 1 aromatic rings. The molecule has 0 unspecified atom stereocenters. The van der Waals surface area contributed by atoms with Crippen LogP contribution in [0, 0.1) is 0 Å². The van der Waals surface area contributed by atoms with Crippen molar-refractivity contribution in [3.63, 3.8) is 0 Å². The largest absolute Gasteiger partial charge is 0.389 e. The lowest BCUT2D eigenvalue weighted by Gasteiger charge is -2.20. The Morgan fingerprint density at radius 2 is 1.76 bits per heavy atom. The number of para-hydroxylation sites is 1. The summed E-state index contributed by atoms with van der Waals surface area (Å²) >= 11 is 5.04. The third kappa shape index (κ3) is 5.84. The van der Waals surface area contributed by atoms with Crippen LogP contribution < -0.4 is 10.6 Å². The highest BCUT2D eigenvalue weighted by Crippen LogP contribution is 2.20. The van der Waals surface area contributed by atoms with E-state index < -0.39 is 0 Å². The van der Waals surface area contributed by atoms with Gasteiger partial charge in [-0.25, -0.2) is 0 Å². The van der Waals surface area contributed by atoms with Gasteiger partial charge in [-0.2, -0.15) is 0 Å². The van der Waals surface area contributed by atoms with Crippen molar-refractivity contribution in [3.8, 4) is 0 Å². The number of carbonyl (C=O) groups excluding carboxylic acids is 1. The fourth-order valence-electron chi connectivity index (χ4n) is 2.33. The number of rotatable bonds is 9. The number of unbranched alkanes of at least 4 members (excludes halogenated alkanes) is 5. The van der Waals surface area contributed by atoms with Crippen LogP contribution in [-0.2, 0) is 4.79 Å². The van der Waals surface area contributed by atoms with Crippen molar-refractivity contribution in [2.75, 3.05) is 11.9 Å². The molecule has 0 aliphatic rings. The number of hydrogen-bond acceptors (Lipinski definition) is 2. The molecule has 0 aromatic heterocycles. The first-order valence-corrected chi connectivity index (χ1v) is 8.14. The van der Waals surface area contributed by atoms with Gasteiger partial charge >= 0.3 is 0 Å². The average Bonchev–Trinajstić information content (AvgIpc) is 2.49. The molecule has 1 amide bonds. The maximum Gasteiger partial charge on any atom is 0.226 e. The number of hydrogen-bond donors (Lipinski definition) is 1. The van der Waals surface area contributed by atoms with E-state index in [-0.39, 0.29) is 5.91 Å². The third-order valence-electron chi connectivity index (χ3n) is 3.65. The first-order valence-electron chi connectivity index (χ1n) is 7.73. The first kappa shape index (κ1) is 17.6. The predicted octanol–water partition coefficient (Wildman–Crippen LogP) is 4.03. The van der Waals surface area contributed by atoms with Crippen LogP contribution in [0.5, 0.6) is 0 Å². The van der Waals surface area contributed by atoms with E-state index in [1.165, 1.54) is 25.7 Å². The number of anilines is 1. The van der Waals surface area contributed by atoms with Gasteiger partial charge in [0.1, 0.15) is 4.99 Å². The molecule has 0 atom stereocenters. The van der Waals surface area contributed by atoms with Gasteiger partial charge in [-0.3, -0.25) is 4.79 Å². The van der Waals surface area contributed by atoms with Crippen LogP contribution >= 0.6 is 12.2 Å². The summed E-state index contributed by atoms with van der Waals surface area (Å²) in [5, 5.41) is 0. The van der Waals surface area contributed by atoms with E-state index in [0.29, 0.717) is 11.4 Å². The van der Waals surface area contributed by atoms with Gasteiger partial charge in [0.25, 0.3) is 0 Å². The molecule has 3 nitrogen and oxygen atoms in total. The molecular weight excluding hydrogens is 280 g/mol. The van der Waals surface area contributed by atoms with Crippen molar-refractivity contribution in [1.29, 1.82) is 0 Å². The molecule has 0 heterocycles. The molecule has 1 aromatic carbocycles. The van der Waals surface area contributed by atoms with Crippen molar-refractivity contribution in [1.82, 2.24) is 0 Å². The van der Waals surface area contributed by atoms with E-state index >= 15 is 0 Å². The molecule has 0 saturated heterocycles. The summed E-state index contributed by atoms with van der Waals surface area (Å²) in [6.45, 7) is 2.21. The van der Waals surface area contributed by atoms with E-state index in [0.717, 1.165) is 24.1 Å². The van der Waals surface area contributed by atoms with Gasteiger partial charge in [-0.1, -0.05) is 63.4 Å². The molecule has 0 bridgehead atoms. The smallest absolute Gasteiger partial charge is 0.226 e. The van der Waals surface area contributed by atoms with Crippen molar-refractivity contribution in [3.05, 3.63) is 29.8 Å². The number of nitrogens with zero attached hydrogens (tertiary/aromatic N) is 1. The Morgan fingerprint density at radius 3 is 2.43 bits per heavy atom. The molecule has 116 valence electrons. The van der Waals surface area contributed by atoms with Crippen LogP contribution in [0.1, 0.15) is 57.4 Å². The predicted molar refractivity (Wildman–Crippen MR) is 93.7 cm³/mol. The zero-order chi connectivity index (χ0) is 15.7. The van der Waals surface area contributed by atoms with Gasteiger partial charge in [0, 0.05) is 19.0 Å². The zero-order valence-corrected chi connectivity index (χ0v) is 13.9. The Kier molecular flexibility index (Phi) is 7.98. The van der Waals surface area contributed by atoms with Crippen LogP contribution in [0.2, 0.25) is 0 Å². The Balaban J connectivity index is 2.49. The SMILES string of the molecule is CCCCCCCCC(=O)N(C)c1ccccc1C(N)=S. The van der Waals surface area contributed by atoms with Gasteiger partial charge in [-0.15, -0.1) is 0 Å². The second kappa shape index (κ2) is 9.50. The molecule has 0 spiro atoms. The maximum absolute atomic E-state index is 12.2. The van der Waals surface area contributed by atoms with Crippen LogP contribution in [0.4, 0.5) is 5.69 Å². The van der Waals surface area contributed by atoms with Crippen molar-refractivity contribution in [2.45, 2.75) is 51.9 Å². The molecular formula is C17H26N2OS. The lowest BCUT2D eigenvalue weighted by atomic mass is 10.1. The summed E-state index contributed by atoms with van der Waals surface area (Å²) in [7, 11) is 1.79. The Morgan fingerprint density at radius 1 is 1.14 bits per heavy atom. The molecule has 21 heavy (non-hydrogen) atoms. The summed E-state index contributed by atoms with van der Waals surface area (Å²) in [5.41, 5.74) is 7.26. The lowest BCUT2D eigenvalue weighted by molar-refractivity contribution is -0.118. The third-order valence-corrected chi connectivity index (χ3v) is 3.87. The second-order valence-electron chi connectivity index (χ2n) is 5.35. The molecule has 4 heteroatoms. The van der Waals surface area contributed by atoms with Gasteiger partial charge < -0.3 is 10.6 Å². The quantitative estimate of drug-likeness (QED) is 0.553. The van der Waals surface area contributed by atoms with Crippen LogP contribution in [-0.4, -0.2) is 17.9 Å². The molecule has 0 fully saturated rings. The number of amides is 1. The number of benzene rings is 1. The second-order valence-corrected chi connectivity index (χ2v) is 5.79. The van der Waals surface area contributed by atoms with E-state index in [4.69, 9.17) is 18.0 Å². The summed E-state index contributed by atoms with van der Waals surface area (Å²) < 4.78 is 0. The van der Waals surface area contributed by atoms with E-state index in [9.17, 15) is 4.79 Å². The van der Waals surface area contributed by atoms with E-state index in [1.807, 2.05) is 24.3 Å². The van der Waals surface area contributed by atoms with Gasteiger partial charge in [0.05, 0.1) is 5.69 Å². The highest BCUT2D eigenvalue weighted by molar-refractivity contribution is 7.80. The Labute approximate surface area is 133 Å². The lowest BCUT2D eigenvalue weighted by Crippen LogP contribution is -2.28. The zero-order valence-electron chi connectivity index (χ0n) is 13.1. The molecule has 2 N–H and O–H groups in total. The minimum atomic E-state index is 0.120. The minimum absolute atomic E-state index is 0.120. The minimum Gasteiger partial charge on any atom is -0.389 e. The van der Waals surface area contributed by atoms with Crippen LogP contribution in [0.25, 0.3) is 0 Å². The molecule has 1 rings (SSSR count). The summed E-state index contributed by atoms with van der Waals surface area (Å²) in [4.78, 5) is 14.2. The molecule has 0 aliphatic heterocycles. The highest BCUT2D eigenvalue weighted by atomic mass is 32.1. The van der Waals surface area contributed by atoms with Crippen molar-refractivity contribution in [2.24, 2.45) is 5.73 Å². The Bertz CT molecular complexity index is 474. The fraction of sp³-hybridized carbons (Fsp3) is 0.529. The average molecular weight is 306 g/mol. The molecule has 0 radical (unpaired) electrons. The number of carbonyl (C=O) groups is 1. The summed E-state index contributed by atoms with van der Waals surface area (Å²) in [6.07, 6.45) is 7.67. The molecule has 0 saturated carbocycles. The van der Waals surface area contributed by atoms with Crippen LogP contribution in [0.3, 0.4) is 0 Å². The summed E-state index contributed by atoms with van der Waals surface area (Å²) in [6, 6.07) is 7.51.